The van der Waals surface area contributed by atoms with E-state index in [4.69, 9.17) is 5.11 Å². The molecule has 1 aromatic rings. The number of hydrogen-bond donors (Lipinski definition) is 3. The number of hydrogen-bond acceptors (Lipinski definition) is 4. The van der Waals surface area contributed by atoms with E-state index >= 15 is 0 Å². The van der Waals surface area contributed by atoms with Gasteiger partial charge in [-0.1, -0.05) is 12.1 Å². The lowest BCUT2D eigenvalue weighted by Crippen LogP contribution is -2.31. The molecular weight excluding hydrogens is 244 g/mol. The highest BCUT2D eigenvalue weighted by Gasteiger charge is 2.16. The van der Waals surface area contributed by atoms with Gasteiger partial charge in [-0.3, -0.25) is 4.79 Å². The van der Waals surface area contributed by atoms with E-state index in [1.807, 2.05) is 26.0 Å². The van der Waals surface area contributed by atoms with E-state index in [1.165, 1.54) is 0 Å². The van der Waals surface area contributed by atoms with Gasteiger partial charge in [-0.05, 0) is 26.0 Å². The van der Waals surface area contributed by atoms with Gasteiger partial charge in [-0.25, -0.2) is 0 Å². The Morgan fingerprint density at radius 2 is 1.95 bits per heavy atom. The number of anilines is 1. The van der Waals surface area contributed by atoms with Crippen molar-refractivity contribution >= 4 is 11.6 Å². The predicted molar refractivity (Wildman–Crippen MR) is 75.3 cm³/mol. The summed E-state index contributed by atoms with van der Waals surface area (Å²) < 4.78 is 0. The second-order valence-electron chi connectivity index (χ2n) is 4.24. The van der Waals surface area contributed by atoms with Crippen LogP contribution in [0.2, 0.25) is 0 Å². The van der Waals surface area contributed by atoms with Crippen molar-refractivity contribution in [3.63, 3.8) is 0 Å². The van der Waals surface area contributed by atoms with E-state index in [2.05, 4.69) is 5.32 Å². The molecule has 0 aromatic heterocycles. The van der Waals surface area contributed by atoms with Crippen molar-refractivity contribution in [3.8, 4) is 0 Å². The molecule has 0 saturated heterocycles. The zero-order valence-electron chi connectivity index (χ0n) is 11.5. The average molecular weight is 266 g/mol. The smallest absolute Gasteiger partial charge is 0.255 e. The van der Waals surface area contributed by atoms with Gasteiger partial charge < -0.3 is 20.4 Å². The molecule has 1 unspecified atom stereocenters. The van der Waals surface area contributed by atoms with Crippen LogP contribution in [0.25, 0.3) is 0 Å². The molecular formula is C14H22N2O3. The molecule has 106 valence electrons. The van der Waals surface area contributed by atoms with E-state index in [0.717, 1.165) is 0 Å². The summed E-state index contributed by atoms with van der Waals surface area (Å²) in [6.07, 6.45) is -0.836. The molecule has 5 nitrogen and oxygen atoms in total. The maximum atomic E-state index is 12.3. The van der Waals surface area contributed by atoms with Gasteiger partial charge in [0.2, 0.25) is 0 Å². The second-order valence-corrected chi connectivity index (χ2v) is 4.24. The monoisotopic (exact) mass is 266 g/mol. The van der Waals surface area contributed by atoms with E-state index in [9.17, 15) is 9.90 Å². The maximum absolute atomic E-state index is 12.3. The SMILES string of the molecule is CCN(CC)C(=O)c1ccccc1NCC(O)CO. The number of aliphatic hydroxyl groups is 2. The number of amides is 1. The van der Waals surface area contributed by atoms with Crippen molar-refractivity contribution in [2.75, 3.05) is 31.6 Å². The molecule has 0 saturated carbocycles. The Balaban J connectivity index is 2.86. The molecule has 1 atom stereocenters. The lowest BCUT2D eigenvalue weighted by molar-refractivity contribution is 0.0773. The Morgan fingerprint density at radius 3 is 2.53 bits per heavy atom. The average Bonchev–Trinajstić information content (AvgIpc) is 2.46. The van der Waals surface area contributed by atoms with E-state index < -0.39 is 6.10 Å². The summed E-state index contributed by atoms with van der Waals surface area (Å²) in [4.78, 5) is 14.1. The number of para-hydroxylation sites is 1. The number of nitrogens with zero attached hydrogens (tertiary/aromatic N) is 1. The lowest BCUT2D eigenvalue weighted by Gasteiger charge is -2.21. The number of nitrogens with one attached hydrogen (secondary N) is 1. The Bertz CT molecular complexity index is 405. The van der Waals surface area contributed by atoms with E-state index in [-0.39, 0.29) is 19.1 Å². The molecule has 19 heavy (non-hydrogen) atoms. The van der Waals surface area contributed by atoms with Crippen molar-refractivity contribution in [2.24, 2.45) is 0 Å². The number of aliphatic hydroxyl groups excluding tert-OH is 2. The maximum Gasteiger partial charge on any atom is 0.255 e. The number of rotatable bonds is 7. The third-order valence-corrected chi connectivity index (χ3v) is 2.95. The molecule has 0 spiro atoms. The van der Waals surface area contributed by atoms with Crippen LogP contribution in [0.1, 0.15) is 24.2 Å². The fourth-order valence-corrected chi connectivity index (χ4v) is 1.80. The molecule has 0 fully saturated rings. The summed E-state index contributed by atoms with van der Waals surface area (Å²) in [5.41, 5.74) is 1.25. The van der Waals surface area contributed by atoms with Crippen LogP contribution in [0.3, 0.4) is 0 Å². The molecule has 0 aliphatic heterocycles. The molecule has 1 rings (SSSR count). The Kier molecular flexibility index (Phi) is 6.32. The van der Waals surface area contributed by atoms with Crippen LogP contribution in [0.4, 0.5) is 5.69 Å². The van der Waals surface area contributed by atoms with Gasteiger partial charge in [0.05, 0.1) is 18.3 Å². The van der Waals surface area contributed by atoms with E-state index in [0.29, 0.717) is 24.3 Å². The Morgan fingerprint density at radius 1 is 1.32 bits per heavy atom. The first-order valence-corrected chi connectivity index (χ1v) is 6.55. The first kappa shape index (κ1) is 15.5. The molecule has 5 heteroatoms. The minimum atomic E-state index is -0.836. The van der Waals surface area contributed by atoms with Gasteiger partial charge in [0.1, 0.15) is 0 Å². The van der Waals surface area contributed by atoms with Crippen LogP contribution in [-0.2, 0) is 0 Å². The van der Waals surface area contributed by atoms with Crippen LogP contribution in [0.15, 0.2) is 24.3 Å². The summed E-state index contributed by atoms with van der Waals surface area (Å²) in [6.45, 7) is 5.09. The summed E-state index contributed by atoms with van der Waals surface area (Å²) in [5, 5.41) is 21.1. The summed E-state index contributed by atoms with van der Waals surface area (Å²) >= 11 is 0. The summed E-state index contributed by atoms with van der Waals surface area (Å²) in [7, 11) is 0. The quantitative estimate of drug-likeness (QED) is 0.686. The molecule has 3 N–H and O–H groups in total. The molecule has 1 amide bonds. The van der Waals surface area contributed by atoms with Gasteiger partial charge in [0.25, 0.3) is 5.91 Å². The molecule has 0 aliphatic rings. The van der Waals surface area contributed by atoms with Gasteiger partial charge in [0.15, 0.2) is 0 Å². The fraction of sp³-hybridized carbons (Fsp3) is 0.500. The number of carbonyl (C=O) groups is 1. The van der Waals surface area contributed by atoms with Crippen molar-refractivity contribution in [2.45, 2.75) is 20.0 Å². The third-order valence-electron chi connectivity index (χ3n) is 2.95. The van der Waals surface area contributed by atoms with E-state index in [1.54, 1.807) is 17.0 Å². The zero-order chi connectivity index (χ0) is 14.3. The molecule has 0 heterocycles. The topological polar surface area (TPSA) is 72.8 Å². The van der Waals surface area contributed by atoms with Crippen molar-refractivity contribution in [1.82, 2.24) is 4.90 Å². The lowest BCUT2D eigenvalue weighted by atomic mass is 10.1. The van der Waals surface area contributed by atoms with Crippen LogP contribution in [-0.4, -0.2) is 53.4 Å². The highest BCUT2D eigenvalue weighted by atomic mass is 16.3. The highest BCUT2D eigenvalue weighted by molar-refractivity contribution is 5.99. The Labute approximate surface area is 113 Å². The predicted octanol–water partition coefficient (Wildman–Crippen LogP) is 0.934. The third kappa shape index (κ3) is 4.22. The van der Waals surface area contributed by atoms with Crippen LogP contribution < -0.4 is 5.32 Å². The zero-order valence-corrected chi connectivity index (χ0v) is 11.5. The first-order chi connectivity index (χ1) is 9.13. The van der Waals surface area contributed by atoms with Gasteiger partial charge in [-0.15, -0.1) is 0 Å². The van der Waals surface area contributed by atoms with Crippen LogP contribution >= 0.6 is 0 Å². The second kappa shape index (κ2) is 7.76. The molecule has 0 radical (unpaired) electrons. The van der Waals surface area contributed by atoms with Crippen LogP contribution in [0.5, 0.6) is 0 Å². The molecule has 0 aliphatic carbocycles. The summed E-state index contributed by atoms with van der Waals surface area (Å²) in [6, 6.07) is 7.19. The number of benzene rings is 1. The summed E-state index contributed by atoms with van der Waals surface area (Å²) in [5.74, 6) is -0.0356. The molecule has 1 aromatic carbocycles. The standard InChI is InChI=1S/C14H22N2O3/c1-3-16(4-2)14(19)12-7-5-6-8-13(12)15-9-11(18)10-17/h5-8,11,15,17-18H,3-4,9-10H2,1-2H3. The minimum absolute atomic E-state index is 0.0356. The number of carbonyl (C=O) groups excluding carboxylic acids is 1. The van der Waals surface area contributed by atoms with Crippen molar-refractivity contribution in [3.05, 3.63) is 29.8 Å². The first-order valence-electron chi connectivity index (χ1n) is 6.55. The van der Waals surface area contributed by atoms with Crippen molar-refractivity contribution < 1.29 is 15.0 Å². The highest BCUT2D eigenvalue weighted by Crippen LogP contribution is 2.17. The fourth-order valence-electron chi connectivity index (χ4n) is 1.80. The largest absolute Gasteiger partial charge is 0.394 e. The van der Waals surface area contributed by atoms with Crippen molar-refractivity contribution in [1.29, 1.82) is 0 Å². The van der Waals surface area contributed by atoms with Crippen LogP contribution in [0, 0.1) is 0 Å². The Hall–Kier alpha value is -1.59. The normalized spacial score (nSPS) is 12.0. The minimum Gasteiger partial charge on any atom is -0.394 e. The van der Waals surface area contributed by atoms with Gasteiger partial charge in [0, 0.05) is 25.3 Å². The molecule has 0 bridgehead atoms. The van der Waals surface area contributed by atoms with Gasteiger partial charge in [-0.2, -0.15) is 0 Å². The van der Waals surface area contributed by atoms with Gasteiger partial charge >= 0.3 is 0 Å².